The van der Waals surface area contributed by atoms with Gasteiger partial charge in [0.05, 0.1) is 4.92 Å². The summed E-state index contributed by atoms with van der Waals surface area (Å²) in [7, 11) is 3.68. The van der Waals surface area contributed by atoms with Gasteiger partial charge in [-0.15, -0.1) is 0 Å². The predicted octanol–water partition coefficient (Wildman–Crippen LogP) is 0.265. The van der Waals surface area contributed by atoms with Crippen LogP contribution in [0.3, 0.4) is 0 Å². The second-order valence-electron chi connectivity index (χ2n) is 4.62. The molecule has 1 rings (SSSR count). The average molecular weight is 314 g/mol. The molecule has 0 fully saturated rings. The number of benzene rings is 1. The molecule has 0 spiro atoms. The SMILES string of the molecule is CN(C)CCNC(=O)c1ccc(CS(=O)[O-])cc1[N+](=O)[O-]. The summed E-state index contributed by atoms with van der Waals surface area (Å²) < 4.78 is 21.2. The third kappa shape index (κ3) is 5.58. The zero-order chi connectivity index (χ0) is 16.0. The van der Waals surface area contributed by atoms with Gasteiger partial charge >= 0.3 is 0 Å². The van der Waals surface area contributed by atoms with Crippen LogP contribution in [0, 0.1) is 10.1 Å². The maximum atomic E-state index is 11.9. The van der Waals surface area contributed by atoms with E-state index in [1.165, 1.54) is 12.1 Å². The summed E-state index contributed by atoms with van der Waals surface area (Å²) >= 11 is -2.34. The van der Waals surface area contributed by atoms with E-state index in [1.807, 2.05) is 19.0 Å². The van der Waals surface area contributed by atoms with Crippen LogP contribution in [-0.4, -0.2) is 51.7 Å². The number of nitrogens with zero attached hydrogens (tertiary/aromatic N) is 2. The van der Waals surface area contributed by atoms with Crippen molar-refractivity contribution in [3.8, 4) is 0 Å². The second-order valence-corrected chi connectivity index (χ2v) is 5.51. The van der Waals surface area contributed by atoms with Gasteiger partial charge < -0.3 is 14.8 Å². The van der Waals surface area contributed by atoms with Crippen LogP contribution >= 0.6 is 0 Å². The predicted molar refractivity (Wildman–Crippen MR) is 76.6 cm³/mol. The van der Waals surface area contributed by atoms with Gasteiger partial charge in [-0.1, -0.05) is 17.1 Å². The van der Waals surface area contributed by atoms with E-state index in [0.29, 0.717) is 13.1 Å². The first-order valence-electron chi connectivity index (χ1n) is 6.07. The minimum Gasteiger partial charge on any atom is -0.772 e. The van der Waals surface area contributed by atoms with Gasteiger partial charge in [0.25, 0.3) is 11.6 Å². The van der Waals surface area contributed by atoms with Gasteiger partial charge in [-0.2, -0.15) is 0 Å². The molecule has 1 N–H and O–H groups in total. The van der Waals surface area contributed by atoms with Crippen molar-refractivity contribution in [1.82, 2.24) is 10.2 Å². The van der Waals surface area contributed by atoms with E-state index < -0.39 is 27.6 Å². The Hall–Kier alpha value is -1.84. The molecule has 0 saturated heterocycles. The van der Waals surface area contributed by atoms with Crippen LogP contribution in [0.25, 0.3) is 0 Å². The second kappa shape index (κ2) is 7.81. The molecule has 1 unspecified atom stereocenters. The summed E-state index contributed by atoms with van der Waals surface area (Å²) in [6.07, 6.45) is 0. The zero-order valence-electron chi connectivity index (χ0n) is 11.7. The third-order valence-corrected chi connectivity index (χ3v) is 3.20. The maximum Gasteiger partial charge on any atom is 0.282 e. The van der Waals surface area contributed by atoms with Crippen molar-refractivity contribution >= 4 is 22.7 Å². The Balaban J connectivity index is 2.92. The molecule has 1 amide bonds. The largest absolute Gasteiger partial charge is 0.772 e. The van der Waals surface area contributed by atoms with E-state index >= 15 is 0 Å². The van der Waals surface area contributed by atoms with Crippen molar-refractivity contribution in [2.45, 2.75) is 5.75 Å². The van der Waals surface area contributed by atoms with Crippen LogP contribution in [0.1, 0.15) is 15.9 Å². The highest BCUT2D eigenvalue weighted by molar-refractivity contribution is 7.78. The smallest absolute Gasteiger partial charge is 0.282 e. The molecule has 116 valence electrons. The van der Waals surface area contributed by atoms with Crippen LogP contribution in [-0.2, 0) is 16.8 Å². The topological polar surface area (TPSA) is 116 Å². The van der Waals surface area contributed by atoms with Crippen molar-refractivity contribution in [2.75, 3.05) is 27.2 Å². The molecule has 0 aromatic heterocycles. The van der Waals surface area contributed by atoms with Crippen LogP contribution < -0.4 is 5.32 Å². The Bertz CT molecular complexity index is 562. The Labute approximate surface area is 124 Å². The number of carbonyl (C=O) groups is 1. The molecular formula is C12H16N3O5S-. The van der Waals surface area contributed by atoms with Gasteiger partial charge in [0, 0.05) is 24.9 Å². The van der Waals surface area contributed by atoms with E-state index in [9.17, 15) is 23.7 Å². The minimum atomic E-state index is -2.34. The molecule has 0 bridgehead atoms. The summed E-state index contributed by atoms with van der Waals surface area (Å²) in [4.78, 5) is 24.1. The molecule has 0 aliphatic carbocycles. The fourth-order valence-corrected chi connectivity index (χ4v) is 2.09. The van der Waals surface area contributed by atoms with Crippen molar-refractivity contribution in [1.29, 1.82) is 0 Å². The van der Waals surface area contributed by atoms with Crippen molar-refractivity contribution in [2.24, 2.45) is 0 Å². The lowest BCUT2D eigenvalue weighted by molar-refractivity contribution is -0.385. The fourth-order valence-electron chi connectivity index (χ4n) is 1.63. The Morgan fingerprint density at radius 1 is 1.43 bits per heavy atom. The Morgan fingerprint density at radius 2 is 2.10 bits per heavy atom. The summed E-state index contributed by atoms with van der Waals surface area (Å²) in [6, 6.07) is 3.77. The molecule has 1 aromatic rings. The zero-order valence-corrected chi connectivity index (χ0v) is 12.5. The molecule has 0 aliphatic rings. The number of carbonyl (C=O) groups excluding carboxylic acids is 1. The normalized spacial score (nSPS) is 12.2. The first-order chi connectivity index (χ1) is 9.81. The number of nitro groups is 1. The number of rotatable bonds is 7. The molecule has 0 heterocycles. The lowest BCUT2D eigenvalue weighted by atomic mass is 10.1. The molecule has 9 heteroatoms. The van der Waals surface area contributed by atoms with Crippen molar-refractivity contribution < 1.29 is 18.5 Å². The molecule has 1 aromatic carbocycles. The summed E-state index contributed by atoms with van der Waals surface area (Å²) in [5, 5.41) is 13.6. The third-order valence-electron chi connectivity index (χ3n) is 2.63. The van der Waals surface area contributed by atoms with Crippen molar-refractivity contribution in [3.63, 3.8) is 0 Å². The lowest BCUT2D eigenvalue weighted by Gasteiger charge is -2.11. The van der Waals surface area contributed by atoms with Gasteiger partial charge in [0.1, 0.15) is 5.56 Å². The highest BCUT2D eigenvalue weighted by Crippen LogP contribution is 2.21. The fraction of sp³-hybridized carbons (Fsp3) is 0.417. The lowest BCUT2D eigenvalue weighted by Crippen LogP contribution is -2.31. The number of hydrogen-bond acceptors (Lipinski definition) is 6. The highest BCUT2D eigenvalue weighted by atomic mass is 32.2. The standard InChI is InChI=1S/C12H17N3O5S/c1-14(2)6-5-13-12(16)10-4-3-9(8-21(19)20)7-11(10)15(17)18/h3-4,7H,5-6,8H2,1-2H3,(H,13,16)(H,19,20)/p-1. The Kier molecular flexibility index (Phi) is 6.40. The van der Waals surface area contributed by atoms with Gasteiger partial charge in [-0.3, -0.25) is 19.1 Å². The summed E-state index contributed by atoms with van der Waals surface area (Å²) in [5.41, 5.74) is -0.223. The summed E-state index contributed by atoms with van der Waals surface area (Å²) in [6.45, 7) is 0.960. The first kappa shape index (κ1) is 17.2. The van der Waals surface area contributed by atoms with Crippen LogP contribution in [0.4, 0.5) is 5.69 Å². The van der Waals surface area contributed by atoms with Gasteiger partial charge in [0.2, 0.25) is 0 Å². The van der Waals surface area contributed by atoms with Crippen LogP contribution in [0.5, 0.6) is 0 Å². The van der Waals surface area contributed by atoms with Gasteiger partial charge in [-0.05, 0) is 25.7 Å². The van der Waals surface area contributed by atoms with Crippen LogP contribution in [0.15, 0.2) is 18.2 Å². The Morgan fingerprint density at radius 3 is 2.62 bits per heavy atom. The van der Waals surface area contributed by atoms with E-state index in [2.05, 4.69) is 5.32 Å². The number of hydrogen-bond donors (Lipinski definition) is 1. The van der Waals surface area contributed by atoms with Gasteiger partial charge in [-0.25, -0.2) is 0 Å². The van der Waals surface area contributed by atoms with E-state index in [1.54, 1.807) is 0 Å². The average Bonchev–Trinajstić information content (AvgIpc) is 2.37. The number of likely N-dealkylation sites (N-methyl/N-ethyl adjacent to an activating group) is 1. The molecule has 8 nitrogen and oxygen atoms in total. The molecule has 0 radical (unpaired) electrons. The van der Waals surface area contributed by atoms with E-state index in [4.69, 9.17) is 0 Å². The summed E-state index contributed by atoms with van der Waals surface area (Å²) in [5.74, 6) is -0.887. The van der Waals surface area contributed by atoms with E-state index in [0.717, 1.165) is 6.07 Å². The number of amides is 1. The molecule has 21 heavy (non-hydrogen) atoms. The minimum absolute atomic E-state index is 0.0841. The van der Waals surface area contributed by atoms with E-state index in [-0.39, 0.29) is 16.9 Å². The monoisotopic (exact) mass is 314 g/mol. The number of nitro benzene ring substituents is 1. The molecule has 0 aliphatic heterocycles. The molecule has 1 atom stereocenters. The van der Waals surface area contributed by atoms with Crippen LogP contribution in [0.2, 0.25) is 0 Å². The molecule has 0 saturated carbocycles. The number of nitrogens with one attached hydrogen (secondary N) is 1. The highest BCUT2D eigenvalue weighted by Gasteiger charge is 2.20. The van der Waals surface area contributed by atoms with Crippen molar-refractivity contribution in [3.05, 3.63) is 39.4 Å². The molecular weight excluding hydrogens is 298 g/mol. The first-order valence-corrected chi connectivity index (χ1v) is 7.31. The maximum absolute atomic E-state index is 11.9. The van der Waals surface area contributed by atoms with Gasteiger partial charge in [0.15, 0.2) is 0 Å². The quantitative estimate of drug-likeness (QED) is 0.438.